The van der Waals surface area contributed by atoms with Gasteiger partial charge in [0, 0.05) is 37.8 Å². The van der Waals surface area contributed by atoms with E-state index in [1.807, 2.05) is 18.2 Å². The lowest BCUT2D eigenvalue weighted by Gasteiger charge is -2.31. The van der Waals surface area contributed by atoms with E-state index in [1.54, 1.807) is 24.5 Å². The van der Waals surface area contributed by atoms with Crippen molar-refractivity contribution >= 4 is 17.5 Å². The summed E-state index contributed by atoms with van der Waals surface area (Å²) >= 11 is 0. The number of fused-ring (bicyclic) bond motifs is 4. The summed E-state index contributed by atoms with van der Waals surface area (Å²) in [6, 6.07) is 9.69. The van der Waals surface area contributed by atoms with Crippen molar-refractivity contribution in [2.45, 2.75) is 18.9 Å². The smallest absolute Gasteiger partial charge is 0.255 e. The molecule has 1 aromatic carbocycles. The van der Waals surface area contributed by atoms with Crippen molar-refractivity contribution in [1.29, 1.82) is 0 Å². The molecule has 124 valence electrons. The van der Waals surface area contributed by atoms with Gasteiger partial charge in [-0.3, -0.25) is 4.79 Å². The monoisotopic (exact) mass is 323 g/mol. The lowest BCUT2D eigenvalue weighted by atomic mass is 10.1. The predicted molar refractivity (Wildman–Crippen MR) is 93.2 cm³/mol. The molecular weight excluding hydrogens is 302 g/mol. The van der Waals surface area contributed by atoms with Gasteiger partial charge >= 0.3 is 0 Å². The summed E-state index contributed by atoms with van der Waals surface area (Å²) in [7, 11) is 0. The van der Waals surface area contributed by atoms with E-state index in [0.29, 0.717) is 17.3 Å². The summed E-state index contributed by atoms with van der Waals surface area (Å²) in [5.41, 5.74) is 1.25. The van der Waals surface area contributed by atoms with E-state index >= 15 is 0 Å². The summed E-state index contributed by atoms with van der Waals surface area (Å²) < 4.78 is 0. The Morgan fingerprint density at radius 1 is 1.00 bits per heavy atom. The molecule has 1 N–H and O–H groups in total. The summed E-state index contributed by atoms with van der Waals surface area (Å²) in [6.07, 6.45) is 5.74. The van der Waals surface area contributed by atoms with Gasteiger partial charge in [-0.15, -0.1) is 0 Å². The molecule has 24 heavy (non-hydrogen) atoms. The molecule has 3 aliphatic heterocycles. The van der Waals surface area contributed by atoms with Gasteiger partial charge in [0.2, 0.25) is 5.95 Å². The van der Waals surface area contributed by atoms with Crippen molar-refractivity contribution < 1.29 is 4.79 Å². The quantitative estimate of drug-likeness (QED) is 0.936. The Morgan fingerprint density at radius 2 is 1.71 bits per heavy atom. The molecule has 6 heteroatoms. The molecule has 3 aliphatic rings. The van der Waals surface area contributed by atoms with Gasteiger partial charge in [-0.1, -0.05) is 18.2 Å². The topological polar surface area (TPSA) is 61.4 Å². The first-order valence-corrected chi connectivity index (χ1v) is 8.47. The van der Waals surface area contributed by atoms with Crippen LogP contribution in [0, 0.1) is 0 Å². The summed E-state index contributed by atoms with van der Waals surface area (Å²) in [4.78, 5) is 26.0. The number of piperidine rings is 1. The summed E-state index contributed by atoms with van der Waals surface area (Å²) in [5.74, 6) is 0.620. The number of aromatic nitrogens is 2. The van der Waals surface area contributed by atoms with Crippen molar-refractivity contribution in [2.24, 2.45) is 0 Å². The molecular formula is C18H21N5O. The van der Waals surface area contributed by atoms with Gasteiger partial charge in [-0.05, 0) is 25.0 Å². The van der Waals surface area contributed by atoms with Crippen molar-refractivity contribution in [3.63, 3.8) is 0 Å². The standard InChI is InChI=1S/C18H21N5O/c24-17(14-4-2-1-3-5-14)21-15-12-19-18(20-13-15)23-11-10-22-8-6-16(23)7-9-22/h1-5,12-13,16H,6-11H2,(H,21,24). The van der Waals surface area contributed by atoms with Crippen molar-refractivity contribution in [1.82, 2.24) is 14.9 Å². The number of hydrogen-bond donors (Lipinski definition) is 1. The van der Waals surface area contributed by atoms with Crippen molar-refractivity contribution in [3.8, 4) is 0 Å². The van der Waals surface area contributed by atoms with Gasteiger partial charge in [0.05, 0.1) is 18.1 Å². The van der Waals surface area contributed by atoms with Crippen LogP contribution in [-0.2, 0) is 0 Å². The molecule has 1 amide bonds. The zero-order valence-electron chi connectivity index (χ0n) is 13.6. The summed E-state index contributed by atoms with van der Waals surface area (Å²) in [6.45, 7) is 4.39. The van der Waals surface area contributed by atoms with E-state index in [-0.39, 0.29) is 5.91 Å². The predicted octanol–water partition coefficient (Wildman–Crippen LogP) is 2.01. The Kier molecular flexibility index (Phi) is 4.13. The molecule has 2 aromatic rings. The maximum atomic E-state index is 12.2. The van der Waals surface area contributed by atoms with E-state index in [0.717, 1.165) is 19.0 Å². The molecule has 5 rings (SSSR count). The second-order valence-electron chi connectivity index (χ2n) is 6.36. The lowest BCUT2D eigenvalue weighted by Crippen LogP contribution is -2.38. The van der Waals surface area contributed by atoms with E-state index < -0.39 is 0 Å². The first kappa shape index (κ1) is 15.1. The third-order valence-corrected chi connectivity index (χ3v) is 4.84. The average molecular weight is 323 g/mol. The molecule has 0 saturated carbocycles. The first-order valence-electron chi connectivity index (χ1n) is 8.47. The van der Waals surface area contributed by atoms with E-state index in [9.17, 15) is 4.79 Å². The fourth-order valence-electron chi connectivity index (χ4n) is 3.48. The van der Waals surface area contributed by atoms with Gasteiger partial charge in [0.1, 0.15) is 0 Å². The van der Waals surface area contributed by atoms with Gasteiger partial charge in [0.25, 0.3) is 5.91 Å². The fraction of sp³-hybridized carbons (Fsp3) is 0.389. The third kappa shape index (κ3) is 3.10. The Labute approximate surface area is 141 Å². The normalized spacial score (nSPS) is 22.9. The van der Waals surface area contributed by atoms with E-state index in [1.165, 1.54) is 25.9 Å². The van der Waals surface area contributed by atoms with Crippen LogP contribution in [0.25, 0.3) is 0 Å². The molecule has 3 saturated heterocycles. The number of carbonyl (C=O) groups excluding carboxylic acids is 1. The van der Waals surface area contributed by atoms with Crippen LogP contribution < -0.4 is 10.2 Å². The van der Waals surface area contributed by atoms with Crippen LogP contribution in [0.2, 0.25) is 0 Å². The Morgan fingerprint density at radius 3 is 2.42 bits per heavy atom. The second kappa shape index (κ2) is 6.57. The number of hydrogen-bond acceptors (Lipinski definition) is 5. The molecule has 3 fully saturated rings. The molecule has 0 spiro atoms. The minimum atomic E-state index is -0.145. The zero-order chi connectivity index (χ0) is 16.4. The highest BCUT2D eigenvalue weighted by molar-refractivity contribution is 6.04. The molecule has 1 aromatic heterocycles. The maximum absolute atomic E-state index is 12.2. The highest BCUT2D eigenvalue weighted by Crippen LogP contribution is 2.24. The molecule has 0 radical (unpaired) electrons. The molecule has 0 atom stereocenters. The summed E-state index contributed by atoms with van der Waals surface area (Å²) in [5, 5.41) is 2.84. The van der Waals surface area contributed by atoms with Crippen LogP contribution in [-0.4, -0.2) is 53.0 Å². The van der Waals surface area contributed by atoms with E-state index in [2.05, 4.69) is 25.1 Å². The van der Waals surface area contributed by atoms with Gasteiger partial charge < -0.3 is 15.1 Å². The minimum absolute atomic E-state index is 0.145. The lowest BCUT2D eigenvalue weighted by molar-refractivity contribution is 0.102. The van der Waals surface area contributed by atoms with Crippen molar-refractivity contribution in [3.05, 3.63) is 48.3 Å². The molecule has 0 unspecified atom stereocenters. The second-order valence-corrected chi connectivity index (χ2v) is 6.36. The fourth-order valence-corrected chi connectivity index (χ4v) is 3.48. The van der Waals surface area contributed by atoms with Gasteiger partial charge in [-0.2, -0.15) is 0 Å². The van der Waals surface area contributed by atoms with Crippen LogP contribution in [0.4, 0.5) is 11.6 Å². The Balaban J connectivity index is 1.46. The van der Waals surface area contributed by atoms with Crippen LogP contribution in [0.3, 0.4) is 0 Å². The number of benzene rings is 1. The van der Waals surface area contributed by atoms with Crippen molar-refractivity contribution in [2.75, 3.05) is 36.4 Å². The zero-order valence-corrected chi connectivity index (χ0v) is 13.6. The number of nitrogens with zero attached hydrogens (tertiary/aromatic N) is 4. The minimum Gasteiger partial charge on any atom is -0.336 e. The Bertz CT molecular complexity index is 695. The van der Waals surface area contributed by atoms with Crippen LogP contribution in [0.5, 0.6) is 0 Å². The number of amides is 1. The highest BCUT2D eigenvalue weighted by atomic mass is 16.1. The molecule has 0 aliphatic carbocycles. The van der Waals surface area contributed by atoms with Gasteiger partial charge in [0.15, 0.2) is 0 Å². The van der Waals surface area contributed by atoms with Crippen LogP contribution >= 0.6 is 0 Å². The number of nitrogens with one attached hydrogen (secondary N) is 1. The highest BCUT2D eigenvalue weighted by Gasteiger charge is 2.30. The maximum Gasteiger partial charge on any atom is 0.255 e. The third-order valence-electron chi connectivity index (χ3n) is 4.84. The Hall–Kier alpha value is -2.47. The number of anilines is 2. The molecule has 6 nitrogen and oxygen atoms in total. The number of carbonyl (C=O) groups is 1. The van der Waals surface area contributed by atoms with E-state index in [4.69, 9.17) is 0 Å². The molecule has 4 heterocycles. The SMILES string of the molecule is O=C(Nc1cnc(N2CCN3CCC2CC3)nc1)c1ccccc1. The number of rotatable bonds is 3. The van der Waals surface area contributed by atoms with Crippen LogP contribution in [0.15, 0.2) is 42.7 Å². The average Bonchev–Trinajstić information content (AvgIpc) is 2.97. The van der Waals surface area contributed by atoms with Crippen LogP contribution in [0.1, 0.15) is 23.2 Å². The van der Waals surface area contributed by atoms with Gasteiger partial charge in [-0.25, -0.2) is 9.97 Å². The first-order chi connectivity index (χ1) is 11.8. The molecule has 2 bridgehead atoms. The largest absolute Gasteiger partial charge is 0.336 e.